The molecule has 2 rings (SSSR count). The van der Waals surface area contributed by atoms with Gasteiger partial charge in [0.25, 0.3) is 0 Å². The second-order valence-corrected chi connectivity index (χ2v) is 4.54. The average Bonchev–Trinajstić information content (AvgIpc) is 2.45. The molecule has 2 aromatic rings. The maximum absolute atomic E-state index is 11.8. The first-order valence-electron chi connectivity index (χ1n) is 6.53. The van der Waals surface area contributed by atoms with Crippen LogP contribution in [-0.4, -0.2) is 23.8 Å². The number of anilines is 1. The molecule has 0 atom stereocenters. The minimum Gasteiger partial charge on any atom is -0.482 e. The molecule has 6 nitrogen and oxygen atoms in total. The highest BCUT2D eigenvalue weighted by molar-refractivity contribution is 5.86. The van der Waals surface area contributed by atoms with Crippen molar-refractivity contribution in [2.75, 3.05) is 11.9 Å². The summed E-state index contributed by atoms with van der Waals surface area (Å²) in [6.45, 7) is 1.46. The van der Waals surface area contributed by atoms with Crippen LogP contribution < -0.4 is 14.8 Å². The van der Waals surface area contributed by atoms with Gasteiger partial charge < -0.3 is 14.6 Å². The molecule has 2 aromatic carbocycles. The number of nitrogens with one attached hydrogen (secondary N) is 1. The molecule has 0 saturated heterocycles. The van der Waals surface area contributed by atoms with Crippen molar-refractivity contribution in [3.05, 3.63) is 54.1 Å². The van der Waals surface area contributed by atoms with Crippen LogP contribution in [-0.2, 0) is 4.79 Å². The monoisotopic (exact) mass is 301 g/mol. The van der Waals surface area contributed by atoms with Gasteiger partial charge in [-0.15, -0.1) is 0 Å². The fourth-order valence-electron chi connectivity index (χ4n) is 1.75. The largest absolute Gasteiger partial charge is 0.482 e. The third-order valence-electron chi connectivity index (χ3n) is 2.64. The maximum atomic E-state index is 11.8. The fourth-order valence-corrected chi connectivity index (χ4v) is 1.75. The molecule has 0 saturated carbocycles. The summed E-state index contributed by atoms with van der Waals surface area (Å²) in [5.74, 6) is -0.514. The number of carbonyl (C=O) groups excluding carboxylic acids is 1. The van der Waals surface area contributed by atoms with Gasteiger partial charge in [-0.3, -0.25) is 5.32 Å². The first-order valence-corrected chi connectivity index (χ1v) is 6.53. The lowest BCUT2D eigenvalue weighted by Crippen LogP contribution is -2.16. The van der Waals surface area contributed by atoms with Crippen molar-refractivity contribution >= 4 is 17.7 Å². The standard InChI is InChI=1S/C16H15NO5/c1-11-4-2-5-12(8-11)17-16(20)22-14-7-3-6-13(9-14)21-10-15(18)19/h2-9H,10H2,1H3,(H,17,20)(H,18,19). The number of aliphatic carboxylic acids is 1. The zero-order valence-corrected chi connectivity index (χ0v) is 11.9. The number of hydrogen-bond donors (Lipinski definition) is 2. The summed E-state index contributed by atoms with van der Waals surface area (Å²) in [6.07, 6.45) is -0.638. The Bertz CT molecular complexity index is 684. The minimum absolute atomic E-state index is 0.257. The number of carboxylic acid groups (broad SMARTS) is 1. The summed E-state index contributed by atoms with van der Waals surface area (Å²) in [7, 11) is 0. The predicted octanol–water partition coefficient (Wildman–Crippen LogP) is 3.07. The molecule has 0 unspecified atom stereocenters. The summed E-state index contributed by atoms with van der Waals surface area (Å²) >= 11 is 0. The fraction of sp³-hybridized carbons (Fsp3) is 0.125. The number of benzene rings is 2. The highest BCUT2D eigenvalue weighted by Crippen LogP contribution is 2.20. The van der Waals surface area contributed by atoms with Gasteiger partial charge in [0.05, 0.1) is 0 Å². The van der Waals surface area contributed by atoms with Gasteiger partial charge in [-0.2, -0.15) is 0 Å². The summed E-state index contributed by atoms with van der Waals surface area (Å²) < 4.78 is 10.1. The van der Waals surface area contributed by atoms with Crippen LogP contribution in [0.4, 0.5) is 10.5 Å². The van der Waals surface area contributed by atoms with Crippen molar-refractivity contribution in [1.82, 2.24) is 0 Å². The molecule has 2 N–H and O–H groups in total. The Morgan fingerprint density at radius 2 is 1.82 bits per heavy atom. The summed E-state index contributed by atoms with van der Waals surface area (Å²) in [5, 5.41) is 11.2. The van der Waals surface area contributed by atoms with E-state index in [9.17, 15) is 9.59 Å². The average molecular weight is 301 g/mol. The van der Waals surface area contributed by atoms with E-state index in [-0.39, 0.29) is 5.75 Å². The molecule has 0 fully saturated rings. The van der Waals surface area contributed by atoms with Crippen molar-refractivity contribution in [2.24, 2.45) is 0 Å². The first kappa shape index (κ1) is 15.4. The number of aryl methyl sites for hydroxylation is 1. The van der Waals surface area contributed by atoms with Crippen molar-refractivity contribution in [3.63, 3.8) is 0 Å². The molecular formula is C16H15NO5. The minimum atomic E-state index is -1.08. The van der Waals surface area contributed by atoms with E-state index in [4.69, 9.17) is 14.6 Å². The van der Waals surface area contributed by atoms with Gasteiger partial charge >= 0.3 is 12.1 Å². The molecule has 6 heteroatoms. The van der Waals surface area contributed by atoms with Crippen molar-refractivity contribution in [1.29, 1.82) is 0 Å². The highest BCUT2D eigenvalue weighted by atomic mass is 16.6. The number of ether oxygens (including phenoxy) is 2. The van der Waals surface area contributed by atoms with Crippen LogP contribution in [0.3, 0.4) is 0 Å². The van der Waals surface area contributed by atoms with Gasteiger partial charge in [0.15, 0.2) is 6.61 Å². The molecule has 0 bridgehead atoms. The van der Waals surface area contributed by atoms with Gasteiger partial charge in [0.1, 0.15) is 11.5 Å². The molecule has 22 heavy (non-hydrogen) atoms. The van der Waals surface area contributed by atoms with E-state index in [0.717, 1.165) is 5.56 Å². The van der Waals surface area contributed by atoms with E-state index in [2.05, 4.69) is 5.32 Å². The lowest BCUT2D eigenvalue weighted by Gasteiger charge is -2.08. The van der Waals surface area contributed by atoms with E-state index >= 15 is 0 Å². The molecule has 0 aliphatic carbocycles. The lowest BCUT2D eigenvalue weighted by atomic mass is 10.2. The molecule has 0 aliphatic rings. The zero-order valence-electron chi connectivity index (χ0n) is 11.9. The van der Waals surface area contributed by atoms with Crippen LogP contribution in [0, 0.1) is 6.92 Å². The maximum Gasteiger partial charge on any atom is 0.417 e. The molecular weight excluding hydrogens is 286 g/mol. The van der Waals surface area contributed by atoms with Gasteiger partial charge in [0.2, 0.25) is 0 Å². The van der Waals surface area contributed by atoms with E-state index in [0.29, 0.717) is 11.4 Å². The Labute approximate surface area is 127 Å². The Hall–Kier alpha value is -3.02. The Morgan fingerprint density at radius 3 is 2.55 bits per heavy atom. The molecule has 0 aromatic heterocycles. The third-order valence-corrected chi connectivity index (χ3v) is 2.64. The summed E-state index contributed by atoms with van der Waals surface area (Å²) in [6, 6.07) is 13.5. The van der Waals surface area contributed by atoms with Crippen molar-refractivity contribution in [3.8, 4) is 11.5 Å². The number of carbonyl (C=O) groups is 2. The zero-order chi connectivity index (χ0) is 15.9. The van der Waals surface area contributed by atoms with E-state index < -0.39 is 18.7 Å². The van der Waals surface area contributed by atoms with Crippen LogP contribution in [0.1, 0.15) is 5.56 Å². The van der Waals surface area contributed by atoms with E-state index in [1.807, 2.05) is 25.1 Å². The van der Waals surface area contributed by atoms with Gasteiger partial charge in [-0.25, -0.2) is 9.59 Å². The lowest BCUT2D eigenvalue weighted by molar-refractivity contribution is -0.139. The second kappa shape index (κ2) is 7.12. The normalized spacial score (nSPS) is 9.86. The number of rotatable bonds is 5. The topological polar surface area (TPSA) is 84.9 Å². The molecule has 0 heterocycles. The summed E-state index contributed by atoms with van der Waals surface area (Å²) in [4.78, 5) is 22.2. The number of amides is 1. The van der Waals surface area contributed by atoms with Gasteiger partial charge in [-0.1, -0.05) is 18.2 Å². The van der Waals surface area contributed by atoms with Crippen LogP contribution in [0.15, 0.2) is 48.5 Å². The molecule has 0 aliphatic heterocycles. The third kappa shape index (κ3) is 4.82. The second-order valence-electron chi connectivity index (χ2n) is 4.54. The van der Waals surface area contributed by atoms with E-state index in [1.54, 1.807) is 24.3 Å². The molecule has 114 valence electrons. The van der Waals surface area contributed by atoms with Gasteiger partial charge in [0, 0.05) is 11.8 Å². The Morgan fingerprint density at radius 1 is 1.09 bits per heavy atom. The predicted molar refractivity (Wildman–Crippen MR) is 80.4 cm³/mol. The number of carboxylic acids is 1. The smallest absolute Gasteiger partial charge is 0.417 e. The summed E-state index contributed by atoms with van der Waals surface area (Å²) in [5.41, 5.74) is 1.64. The Balaban J connectivity index is 1.96. The van der Waals surface area contributed by atoms with Crippen molar-refractivity contribution < 1.29 is 24.2 Å². The van der Waals surface area contributed by atoms with Crippen LogP contribution in [0.5, 0.6) is 11.5 Å². The van der Waals surface area contributed by atoms with Crippen LogP contribution in [0.25, 0.3) is 0 Å². The molecule has 1 amide bonds. The van der Waals surface area contributed by atoms with Crippen LogP contribution >= 0.6 is 0 Å². The van der Waals surface area contributed by atoms with E-state index in [1.165, 1.54) is 6.07 Å². The molecule has 0 spiro atoms. The highest BCUT2D eigenvalue weighted by Gasteiger charge is 2.07. The number of hydrogen-bond acceptors (Lipinski definition) is 4. The van der Waals surface area contributed by atoms with Crippen LogP contribution in [0.2, 0.25) is 0 Å². The first-order chi connectivity index (χ1) is 10.5. The van der Waals surface area contributed by atoms with Crippen molar-refractivity contribution in [2.45, 2.75) is 6.92 Å². The quantitative estimate of drug-likeness (QED) is 0.886. The Kier molecular flexibility index (Phi) is 4.98. The SMILES string of the molecule is Cc1cccc(NC(=O)Oc2cccc(OCC(=O)O)c2)c1. The molecule has 0 radical (unpaired) electrons. The van der Waals surface area contributed by atoms with Gasteiger partial charge in [-0.05, 0) is 36.8 Å².